The molecular weight excluding hydrogens is 392 g/mol. The first-order chi connectivity index (χ1) is 14.9. The molecule has 31 heavy (non-hydrogen) atoms. The molecule has 0 fully saturated rings. The van der Waals surface area contributed by atoms with Crippen LogP contribution >= 0.6 is 0 Å². The van der Waals surface area contributed by atoms with E-state index in [0.717, 1.165) is 24.0 Å². The molecule has 3 atom stereocenters. The Bertz CT molecular complexity index is 743. The highest BCUT2D eigenvalue weighted by Crippen LogP contribution is 2.12. The number of aliphatic hydroxyl groups is 1. The van der Waals surface area contributed by atoms with Gasteiger partial charge in [-0.2, -0.15) is 0 Å². The molecular formula is C25H36N2O4. The van der Waals surface area contributed by atoms with Gasteiger partial charge in [0.2, 0.25) is 5.91 Å². The topological polar surface area (TPSA) is 87.7 Å². The monoisotopic (exact) mass is 428 g/mol. The van der Waals surface area contributed by atoms with E-state index >= 15 is 0 Å². The molecule has 6 nitrogen and oxygen atoms in total. The first-order valence-corrected chi connectivity index (χ1v) is 10.7. The SMILES string of the molecule is C=C/C=C\C(=C/C)CC(NC(=O)CC(O)[C@H](CCC)NC)C(=O)OCc1ccccc1. The molecule has 0 aliphatic heterocycles. The summed E-state index contributed by atoms with van der Waals surface area (Å²) < 4.78 is 5.45. The largest absolute Gasteiger partial charge is 0.459 e. The van der Waals surface area contributed by atoms with Crippen molar-refractivity contribution in [3.63, 3.8) is 0 Å². The van der Waals surface area contributed by atoms with Gasteiger partial charge in [-0.15, -0.1) is 0 Å². The van der Waals surface area contributed by atoms with Crippen molar-refractivity contribution in [2.45, 2.75) is 64.3 Å². The lowest BCUT2D eigenvalue weighted by molar-refractivity contribution is -0.149. The standard InChI is InChI=1S/C25H36N2O4/c1-5-8-13-19(7-3)16-22(25(30)31-18-20-14-10-9-11-15-20)27-24(29)17-23(28)21(26-4)12-6-2/h5,7-11,13-15,21-23,26,28H,1,6,12,16-18H2,2-4H3,(H,27,29)/b13-8-,19-7+/t21-,22?,23?/m0/s1. The maximum absolute atomic E-state index is 12.8. The van der Waals surface area contributed by atoms with Crippen molar-refractivity contribution < 1.29 is 19.4 Å². The molecule has 1 aromatic rings. The lowest BCUT2D eigenvalue weighted by Crippen LogP contribution is -2.46. The van der Waals surface area contributed by atoms with Gasteiger partial charge < -0.3 is 20.5 Å². The third kappa shape index (κ3) is 10.2. The highest BCUT2D eigenvalue weighted by Gasteiger charge is 2.26. The molecule has 0 aromatic heterocycles. The second-order valence-corrected chi connectivity index (χ2v) is 7.33. The normalized spacial score (nSPS) is 14.6. The Morgan fingerprint density at radius 1 is 1.23 bits per heavy atom. The van der Waals surface area contributed by atoms with Crippen LogP contribution in [0, 0.1) is 0 Å². The Labute approximate surface area is 186 Å². The summed E-state index contributed by atoms with van der Waals surface area (Å²) in [6.07, 6.45) is 8.11. The van der Waals surface area contributed by atoms with E-state index in [9.17, 15) is 14.7 Å². The summed E-state index contributed by atoms with van der Waals surface area (Å²) in [4.78, 5) is 25.4. The molecule has 0 saturated heterocycles. The van der Waals surface area contributed by atoms with Gasteiger partial charge >= 0.3 is 5.97 Å². The molecule has 3 N–H and O–H groups in total. The van der Waals surface area contributed by atoms with Crippen molar-refractivity contribution in [1.29, 1.82) is 0 Å². The fourth-order valence-electron chi connectivity index (χ4n) is 3.16. The number of hydrogen-bond acceptors (Lipinski definition) is 5. The number of likely N-dealkylation sites (N-methyl/N-ethyl adjacent to an activating group) is 1. The number of benzene rings is 1. The van der Waals surface area contributed by atoms with E-state index in [0.29, 0.717) is 0 Å². The van der Waals surface area contributed by atoms with E-state index in [4.69, 9.17) is 4.74 Å². The summed E-state index contributed by atoms with van der Waals surface area (Å²) in [7, 11) is 1.76. The molecule has 170 valence electrons. The molecule has 1 rings (SSSR count). The Morgan fingerprint density at radius 3 is 2.52 bits per heavy atom. The van der Waals surface area contributed by atoms with E-state index in [-0.39, 0.29) is 25.5 Å². The minimum absolute atomic E-state index is 0.0956. The predicted molar refractivity (Wildman–Crippen MR) is 124 cm³/mol. The van der Waals surface area contributed by atoms with E-state index in [1.165, 1.54) is 0 Å². The van der Waals surface area contributed by atoms with Crippen LogP contribution in [0.3, 0.4) is 0 Å². The number of carbonyl (C=O) groups excluding carboxylic acids is 2. The van der Waals surface area contributed by atoms with Crippen molar-refractivity contribution in [3.05, 3.63) is 72.4 Å². The Hall–Kier alpha value is -2.70. The summed E-state index contributed by atoms with van der Waals surface area (Å²) in [5, 5.41) is 16.2. The number of ether oxygens (including phenoxy) is 1. The first kappa shape index (κ1) is 26.3. The van der Waals surface area contributed by atoms with Gasteiger partial charge in [0.15, 0.2) is 0 Å². The zero-order valence-corrected chi connectivity index (χ0v) is 18.8. The van der Waals surface area contributed by atoms with Crippen LogP contribution in [0.5, 0.6) is 0 Å². The average Bonchev–Trinajstić information content (AvgIpc) is 2.78. The molecule has 0 aliphatic rings. The smallest absolute Gasteiger partial charge is 0.329 e. The quantitative estimate of drug-likeness (QED) is 0.312. The Kier molecular flexibility index (Phi) is 12.9. The Morgan fingerprint density at radius 2 is 1.94 bits per heavy atom. The maximum Gasteiger partial charge on any atom is 0.329 e. The second kappa shape index (κ2) is 15.2. The van der Waals surface area contributed by atoms with Gasteiger partial charge in [-0.25, -0.2) is 4.79 Å². The third-order valence-electron chi connectivity index (χ3n) is 4.93. The number of rotatable bonds is 14. The zero-order valence-electron chi connectivity index (χ0n) is 18.8. The highest BCUT2D eigenvalue weighted by atomic mass is 16.5. The van der Waals surface area contributed by atoms with Crippen molar-refractivity contribution >= 4 is 11.9 Å². The molecule has 0 heterocycles. The molecule has 0 aliphatic carbocycles. The number of hydrogen-bond donors (Lipinski definition) is 3. The van der Waals surface area contributed by atoms with E-state index in [1.54, 1.807) is 19.2 Å². The summed E-state index contributed by atoms with van der Waals surface area (Å²) >= 11 is 0. The number of aliphatic hydroxyl groups excluding tert-OH is 1. The summed E-state index contributed by atoms with van der Waals surface area (Å²) in [6, 6.07) is 8.33. The zero-order chi connectivity index (χ0) is 23.1. The van der Waals surface area contributed by atoms with Gasteiger partial charge in [0.05, 0.1) is 12.5 Å². The van der Waals surface area contributed by atoms with Crippen LogP contribution in [0.4, 0.5) is 0 Å². The molecule has 2 unspecified atom stereocenters. The summed E-state index contributed by atoms with van der Waals surface area (Å²) in [5.74, 6) is -0.912. The first-order valence-electron chi connectivity index (χ1n) is 10.7. The van der Waals surface area contributed by atoms with Crippen LogP contribution in [0.1, 0.15) is 45.1 Å². The van der Waals surface area contributed by atoms with Gasteiger partial charge in [-0.3, -0.25) is 4.79 Å². The summed E-state index contributed by atoms with van der Waals surface area (Å²) in [6.45, 7) is 7.66. The lowest BCUT2D eigenvalue weighted by Gasteiger charge is -2.23. The predicted octanol–water partition coefficient (Wildman–Crippen LogP) is 3.43. The lowest BCUT2D eigenvalue weighted by atomic mass is 10.0. The van der Waals surface area contributed by atoms with Gasteiger partial charge in [0, 0.05) is 12.5 Å². The molecule has 0 bridgehead atoms. The van der Waals surface area contributed by atoms with Crippen molar-refractivity contribution in [2.24, 2.45) is 0 Å². The van der Waals surface area contributed by atoms with Crippen LogP contribution < -0.4 is 10.6 Å². The van der Waals surface area contributed by atoms with E-state index in [2.05, 4.69) is 17.2 Å². The van der Waals surface area contributed by atoms with Crippen LogP contribution in [0.15, 0.2) is 66.8 Å². The summed E-state index contributed by atoms with van der Waals surface area (Å²) in [5.41, 5.74) is 1.73. The van der Waals surface area contributed by atoms with Gasteiger partial charge in [-0.05, 0) is 31.5 Å². The average molecular weight is 429 g/mol. The molecule has 6 heteroatoms. The number of amides is 1. The van der Waals surface area contributed by atoms with Gasteiger partial charge in [-0.1, -0.05) is 74.6 Å². The van der Waals surface area contributed by atoms with Crippen LogP contribution in [0.2, 0.25) is 0 Å². The van der Waals surface area contributed by atoms with Gasteiger partial charge in [0.1, 0.15) is 12.6 Å². The van der Waals surface area contributed by atoms with Crippen molar-refractivity contribution in [1.82, 2.24) is 10.6 Å². The number of allylic oxidation sites excluding steroid dienone is 4. The molecule has 1 aromatic carbocycles. The van der Waals surface area contributed by atoms with Crippen molar-refractivity contribution in [2.75, 3.05) is 7.05 Å². The molecule has 0 saturated carbocycles. The second-order valence-electron chi connectivity index (χ2n) is 7.33. The Balaban J connectivity index is 2.85. The number of nitrogens with one attached hydrogen (secondary N) is 2. The molecule has 1 amide bonds. The van der Waals surface area contributed by atoms with Crippen molar-refractivity contribution in [3.8, 4) is 0 Å². The van der Waals surface area contributed by atoms with E-state index in [1.807, 2.05) is 56.3 Å². The number of esters is 1. The van der Waals surface area contributed by atoms with Crippen LogP contribution in [-0.4, -0.2) is 42.2 Å². The number of carbonyl (C=O) groups is 2. The third-order valence-corrected chi connectivity index (χ3v) is 4.93. The molecule has 0 spiro atoms. The van der Waals surface area contributed by atoms with E-state index < -0.39 is 24.0 Å². The fraction of sp³-hybridized carbons (Fsp3) is 0.440. The van der Waals surface area contributed by atoms with Crippen LogP contribution in [-0.2, 0) is 20.9 Å². The minimum Gasteiger partial charge on any atom is -0.459 e. The maximum atomic E-state index is 12.8. The minimum atomic E-state index is -0.858. The highest BCUT2D eigenvalue weighted by molar-refractivity contribution is 5.85. The van der Waals surface area contributed by atoms with Crippen LogP contribution in [0.25, 0.3) is 0 Å². The fourth-order valence-corrected chi connectivity index (χ4v) is 3.16. The van der Waals surface area contributed by atoms with Gasteiger partial charge in [0.25, 0.3) is 0 Å². The molecule has 0 radical (unpaired) electrons.